The molecule has 0 saturated carbocycles. The first-order chi connectivity index (χ1) is 13.0. The maximum Gasteiger partial charge on any atom is 0.255 e. The molecule has 2 amide bonds. The van der Waals surface area contributed by atoms with E-state index in [9.17, 15) is 9.59 Å². The van der Waals surface area contributed by atoms with Crippen LogP contribution in [-0.2, 0) is 16.1 Å². The predicted octanol–water partition coefficient (Wildman–Crippen LogP) is 2.81. The van der Waals surface area contributed by atoms with Crippen LogP contribution in [0.4, 0.5) is 0 Å². The lowest BCUT2D eigenvalue weighted by molar-refractivity contribution is -0.131. The van der Waals surface area contributed by atoms with Gasteiger partial charge in [0.25, 0.3) is 5.91 Å². The summed E-state index contributed by atoms with van der Waals surface area (Å²) in [6, 6.07) is 10.5. The molecule has 148 valence electrons. The largest absolute Gasteiger partial charge is 0.352 e. The van der Waals surface area contributed by atoms with Gasteiger partial charge in [0.05, 0.1) is 0 Å². The van der Waals surface area contributed by atoms with Crippen molar-refractivity contribution in [1.29, 1.82) is 0 Å². The highest BCUT2D eigenvalue weighted by Crippen LogP contribution is 2.25. The summed E-state index contributed by atoms with van der Waals surface area (Å²) in [5, 5.41) is 3.07. The smallest absolute Gasteiger partial charge is 0.255 e. The van der Waals surface area contributed by atoms with E-state index in [-0.39, 0.29) is 17.7 Å². The van der Waals surface area contributed by atoms with Gasteiger partial charge in [-0.2, -0.15) is 0 Å². The number of carbonyl (C=O) groups excluding carboxylic acids is 2. The number of nitrogens with zero attached hydrogens (tertiary/aromatic N) is 2. The Hall–Kier alpha value is -1.30. The highest BCUT2D eigenvalue weighted by atomic mass is 35.5. The Balaban J connectivity index is 1.39. The van der Waals surface area contributed by atoms with E-state index in [0.29, 0.717) is 25.7 Å². The quantitative estimate of drug-likeness (QED) is 0.757. The minimum absolute atomic E-state index is 0.0971. The first-order valence-corrected chi connectivity index (χ1v) is 10.5. The van der Waals surface area contributed by atoms with Crippen molar-refractivity contribution in [3.8, 4) is 0 Å². The van der Waals surface area contributed by atoms with E-state index in [1.54, 1.807) is 4.90 Å². The van der Waals surface area contributed by atoms with E-state index >= 15 is 0 Å². The molecule has 2 aliphatic heterocycles. The Morgan fingerprint density at radius 1 is 1.00 bits per heavy atom. The number of nitrogens with one attached hydrogen (secondary N) is 1. The summed E-state index contributed by atoms with van der Waals surface area (Å²) in [4.78, 5) is 27.6. The second kappa shape index (κ2) is 9.76. The number of carbonyl (C=O) groups is 2. The van der Waals surface area contributed by atoms with Crippen molar-refractivity contribution >= 4 is 35.0 Å². The van der Waals surface area contributed by atoms with Gasteiger partial charge in [-0.1, -0.05) is 53.5 Å². The zero-order valence-corrected chi connectivity index (χ0v) is 17.0. The minimum atomic E-state index is -0.966. The summed E-state index contributed by atoms with van der Waals surface area (Å²) in [5.74, 6) is 0.0691. The van der Waals surface area contributed by atoms with Gasteiger partial charge >= 0.3 is 0 Å². The number of alkyl halides is 2. The van der Waals surface area contributed by atoms with Gasteiger partial charge in [0.1, 0.15) is 0 Å². The van der Waals surface area contributed by atoms with Gasteiger partial charge < -0.3 is 15.1 Å². The molecule has 2 aliphatic rings. The third-order valence-corrected chi connectivity index (χ3v) is 6.06. The summed E-state index contributed by atoms with van der Waals surface area (Å²) in [7, 11) is 0. The maximum atomic E-state index is 12.4. The Kier molecular flexibility index (Phi) is 7.39. The molecule has 5 nitrogen and oxygen atoms in total. The molecular weight excluding hydrogens is 385 g/mol. The molecule has 0 unspecified atom stereocenters. The fourth-order valence-electron chi connectivity index (χ4n) is 4.05. The number of halogens is 2. The summed E-state index contributed by atoms with van der Waals surface area (Å²) in [6.45, 7) is 3.88. The minimum Gasteiger partial charge on any atom is -0.352 e. The first-order valence-electron chi connectivity index (χ1n) is 9.67. The number of piperidine rings is 2. The third-order valence-electron chi connectivity index (χ3n) is 5.69. The molecular formula is C20H27Cl2N3O2. The van der Waals surface area contributed by atoms with Gasteiger partial charge in [-0.05, 0) is 44.3 Å². The molecule has 7 heteroatoms. The number of hydrogen-bond donors (Lipinski definition) is 1. The van der Waals surface area contributed by atoms with Crippen LogP contribution >= 0.6 is 23.2 Å². The Labute approximate surface area is 171 Å². The van der Waals surface area contributed by atoms with Crippen molar-refractivity contribution < 1.29 is 9.59 Å². The average Bonchev–Trinajstić information content (AvgIpc) is 2.72. The monoisotopic (exact) mass is 411 g/mol. The molecule has 2 saturated heterocycles. The number of amides is 2. The van der Waals surface area contributed by atoms with E-state index in [0.717, 1.165) is 44.3 Å². The van der Waals surface area contributed by atoms with Gasteiger partial charge in [0.2, 0.25) is 5.91 Å². The van der Waals surface area contributed by atoms with E-state index in [4.69, 9.17) is 23.2 Å². The first kappa shape index (κ1) is 20.4. The average molecular weight is 412 g/mol. The molecule has 0 atom stereocenters. The number of likely N-dealkylation sites (tertiary alicyclic amines) is 2. The van der Waals surface area contributed by atoms with Crippen LogP contribution in [-0.4, -0.2) is 58.7 Å². The van der Waals surface area contributed by atoms with Crippen molar-refractivity contribution in [2.45, 2.75) is 43.1 Å². The summed E-state index contributed by atoms with van der Waals surface area (Å²) < 4.78 is 0. The second-order valence-electron chi connectivity index (χ2n) is 7.37. The van der Waals surface area contributed by atoms with Crippen LogP contribution in [0.5, 0.6) is 0 Å². The fourth-order valence-corrected chi connectivity index (χ4v) is 4.32. The van der Waals surface area contributed by atoms with Gasteiger partial charge in [0, 0.05) is 31.6 Å². The lowest BCUT2D eigenvalue weighted by Gasteiger charge is -2.41. The second-order valence-corrected chi connectivity index (χ2v) is 8.47. The topological polar surface area (TPSA) is 52.7 Å². The van der Waals surface area contributed by atoms with E-state index in [1.807, 2.05) is 30.3 Å². The standard InChI is InChI=1S/C20H27Cl2N3O2/c21-18(22)20(27)25-12-8-17(9-13-25)24-10-6-16(7-11-24)19(26)23-14-15-4-2-1-3-5-15/h1-5,16-18H,6-14H2,(H,23,26). The van der Waals surface area contributed by atoms with Gasteiger partial charge in [-0.15, -0.1) is 0 Å². The zero-order valence-electron chi connectivity index (χ0n) is 15.4. The summed E-state index contributed by atoms with van der Waals surface area (Å²) >= 11 is 11.4. The Bertz CT molecular complexity index is 625. The molecule has 3 rings (SSSR count). The van der Waals surface area contributed by atoms with Crippen molar-refractivity contribution in [2.24, 2.45) is 5.92 Å². The molecule has 0 spiro atoms. The number of rotatable bonds is 5. The molecule has 1 aromatic rings. The summed E-state index contributed by atoms with van der Waals surface area (Å²) in [6.07, 6.45) is 3.67. The van der Waals surface area contributed by atoms with Crippen LogP contribution in [0.1, 0.15) is 31.2 Å². The molecule has 0 aliphatic carbocycles. The van der Waals surface area contributed by atoms with Crippen LogP contribution in [0, 0.1) is 5.92 Å². The Morgan fingerprint density at radius 3 is 2.22 bits per heavy atom. The van der Waals surface area contributed by atoms with Gasteiger partial charge in [0.15, 0.2) is 4.84 Å². The van der Waals surface area contributed by atoms with Crippen LogP contribution < -0.4 is 5.32 Å². The van der Waals surface area contributed by atoms with Gasteiger partial charge in [-0.3, -0.25) is 9.59 Å². The lowest BCUT2D eigenvalue weighted by atomic mass is 9.92. The fraction of sp³-hybridized carbons (Fsp3) is 0.600. The molecule has 2 heterocycles. The highest BCUT2D eigenvalue weighted by molar-refractivity contribution is 6.53. The molecule has 27 heavy (non-hydrogen) atoms. The summed E-state index contributed by atoms with van der Waals surface area (Å²) in [5.41, 5.74) is 1.13. The van der Waals surface area contributed by atoms with Crippen LogP contribution in [0.2, 0.25) is 0 Å². The van der Waals surface area contributed by atoms with Crippen molar-refractivity contribution in [1.82, 2.24) is 15.1 Å². The van der Waals surface area contributed by atoms with Gasteiger partial charge in [-0.25, -0.2) is 0 Å². The maximum absolute atomic E-state index is 12.4. The van der Waals surface area contributed by atoms with E-state index < -0.39 is 4.84 Å². The Morgan fingerprint density at radius 2 is 1.63 bits per heavy atom. The predicted molar refractivity (Wildman–Crippen MR) is 108 cm³/mol. The van der Waals surface area contributed by atoms with Crippen molar-refractivity contribution in [2.75, 3.05) is 26.2 Å². The molecule has 1 aromatic carbocycles. The molecule has 0 bridgehead atoms. The number of hydrogen-bond acceptors (Lipinski definition) is 3. The van der Waals surface area contributed by atoms with Crippen molar-refractivity contribution in [3.63, 3.8) is 0 Å². The van der Waals surface area contributed by atoms with Crippen LogP contribution in [0.15, 0.2) is 30.3 Å². The highest BCUT2D eigenvalue weighted by Gasteiger charge is 2.32. The van der Waals surface area contributed by atoms with Crippen LogP contribution in [0.25, 0.3) is 0 Å². The SMILES string of the molecule is O=C(NCc1ccccc1)C1CCN(C2CCN(C(=O)C(Cl)Cl)CC2)CC1. The number of benzene rings is 1. The normalized spacial score (nSPS) is 20.0. The van der Waals surface area contributed by atoms with E-state index in [1.165, 1.54) is 0 Å². The van der Waals surface area contributed by atoms with E-state index in [2.05, 4.69) is 10.2 Å². The van der Waals surface area contributed by atoms with Crippen LogP contribution in [0.3, 0.4) is 0 Å². The zero-order chi connectivity index (χ0) is 19.2. The third kappa shape index (κ3) is 5.59. The molecule has 1 N–H and O–H groups in total. The lowest BCUT2D eigenvalue weighted by Crippen LogP contribution is -2.50. The molecule has 0 aromatic heterocycles. The molecule has 2 fully saturated rings. The molecule has 0 radical (unpaired) electrons. The van der Waals surface area contributed by atoms with Crippen molar-refractivity contribution in [3.05, 3.63) is 35.9 Å².